The molecule has 0 aliphatic carbocycles. The van der Waals surface area contributed by atoms with Crippen molar-refractivity contribution in [3.05, 3.63) is 0 Å². The van der Waals surface area contributed by atoms with E-state index in [1.54, 1.807) is 0 Å². The lowest BCUT2D eigenvalue weighted by molar-refractivity contribution is -0.150. The SMILES string of the molecule is CCCC[C@@H](C(=O)O)[C@@H](NC(N)=O)C(=O)O. The van der Waals surface area contributed by atoms with Gasteiger partial charge in [0, 0.05) is 0 Å². The first kappa shape index (κ1) is 14.2. The number of carboxylic acids is 2. The van der Waals surface area contributed by atoms with Crippen molar-refractivity contribution in [2.75, 3.05) is 0 Å². The van der Waals surface area contributed by atoms with Crippen LogP contribution in [0.4, 0.5) is 4.79 Å². The summed E-state index contributed by atoms with van der Waals surface area (Å²) in [6.45, 7) is 1.86. The summed E-state index contributed by atoms with van der Waals surface area (Å²) >= 11 is 0. The highest BCUT2D eigenvalue weighted by atomic mass is 16.4. The van der Waals surface area contributed by atoms with E-state index in [1.807, 2.05) is 12.2 Å². The zero-order valence-electron chi connectivity index (χ0n) is 8.97. The molecule has 16 heavy (non-hydrogen) atoms. The minimum Gasteiger partial charge on any atom is -0.481 e. The fraction of sp³-hybridized carbons (Fsp3) is 0.667. The molecule has 0 aliphatic heterocycles. The Labute approximate surface area is 92.6 Å². The van der Waals surface area contributed by atoms with Crippen LogP contribution in [0.2, 0.25) is 0 Å². The van der Waals surface area contributed by atoms with Crippen molar-refractivity contribution in [3.8, 4) is 0 Å². The summed E-state index contributed by atoms with van der Waals surface area (Å²) in [6, 6.07) is -2.53. The van der Waals surface area contributed by atoms with Gasteiger partial charge in [0.1, 0.15) is 6.04 Å². The van der Waals surface area contributed by atoms with Gasteiger partial charge < -0.3 is 21.3 Å². The molecular weight excluding hydrogens is 216 g/mol. The van der Waals surface area contributed by atoms with Crippen molar-refractivity contribution in [1.82, 2.24) is 5.32 Å². The number of unbranched alkanes of at least 4 members (excludes halogenated alkanes) is 1. The Morgan fingerprint density at radius 1 is 1.25 bits per heavy atom. The smallest absolute Gasteiger partial charge is 0.327 e. The number of rotatable bonds is 7. The number of nitrogens with one attached hydrogen (secondary N) is 1. The Morgan fingerprint density at radius 3 is 2.12 bits per heavy atom. The van der Waals surface area contributed by atoms with Gasteiger partial charge in [0.05, 0.1) is 5.92 Å². The molecule has 92 valence electrons. The number of primary amides is 1. The summed E-state index contributed by atoms with van der Waals surface area (Å²) < 4.78 is 0. The lowest BCUT2D eigenvalue weighted by Gasteiger charge is -2.20. The maximum Gasteiger partial charge on any atom is 0.327 e. The Hall–Kier alpha value is -1.79. The molecule has 0 saturated carbocycles. The van der Waals surface area contributed by atoms with Gasteiger partial charge in [-0.05, 0) is 6.42 Å². The molecular formula is C9H16N2O5. The van der Waals surface area contributed by atoms with Crippen molar-refractivity contribution in [2.24, 2.45) is 11.7 Å². The Bertz CT molecular complexity index is 279. The number of hydrogen-bond donors (Lipinski definition) is 4. The van der Waals surface area contributed by atoms with Crippen molar-refractivity contribution >= 4 is 18.0 Å². The largest absolute Gasteiger partial charge is 0.481 e. The van der Waals surface area contributed by atoms with E-state index in [1.165, 1.54) is 0 Å². The number of carbonyl (C=O) groups is 3. The minimum atomic E-state index is -1.48. The molecule has 0 bridgehead atoms. The summed E-state index contributed by atoms with van der Waals surface area (Å²) in [7, 11) is 0. The van der Waals surface area contributed by atoms with Crippen LogP contribution < -0.4 is 11.1 Å². The third-order valence-electron chi connectivity index (χ3n) is 2.15. The van der Waals surface area contributed by atoms with Crippen LogP contribution >= 0.6 is 0 Å². The molecule has 0 heterocycles. The average Bonchev–Trinajstić information content (AvgIpc) is 2.15. The van der Waals surface area contributed by atoms with Crippen LogP contribution in [-0.2, 0) is 9.59 Å². The average molecular weight is 232 g/mol. The molecule has 0 unspecified atom stereocenters. The minimum absolute atomic E-state index is 0.184. The maximum atomic E-state index is 10.9. The zero-order valence-corrected chi connectivity index (χ0v) is 8.97. The highest BCUT2D eigenvalue weighted by Crippen LogP contribution is 2.14. The Balaban J connectivity index is 4.72. The highest BCUT2D eigenvalue weighted by molar-refractivity contribution is 5.86. The number of carboxylic acid groups (broad SMARTS) is 2. The van der Waals surface area contributed by atoms with Gasteiger partial charge in [0.2, 0.25) is 0 Å². The lowest BCUT2D eigenvalue weighted by Crippen LogP contribution is -2.50. The van der Waals surface area contributed by atoms with Crippen molar-refractivity contribution in [2.45, 2.75) is 32.2 Å². The zero-order chi connectivity index (χ0) is 12.7. The van der Waals surface area contributed by atoms with Gasteiger partial charge in [-0.1, -0.05) is 19.8 Å². The topological polar surface area (TPSA) is 130 Å². The highest BCUT2D eigenvalue weighted by Gasteiger charge is 2.33. The molecule has 0 saturated heterocycles. The number of carbonyl (C=O) groups excluding carboxylic acids is 1. The molecule has 0 radical (unpaired) electrons. The molecule has 0 aromatic rings. The summed E-state index contributed by atoms with van der Waals surface area (Å²) in [5.41, 5.74) is 4.79. The molecule has 7 nitrogen and oxygen atoms in total. The van der Waals surface area contributed by atoms with Crippen LogP contribution in [-0.4, -0.2) is 34.2 Å². The van der Waals surface area contributed by atoms with Gasteiger partial charge >= 0.3 is 18.0 Å². The van der Waals surface area contributed by atoms with Crippen LogP contribution in [0.15, 0.2) is 0 Å². The molecule has 0 spiro atoms. The van der Waals surface area contributed by atoms with Crippen LogP contribution in [0.25, 0.3) is 0 Å². The van der Waals surface area contributed by atoms with E-state index < -0.39 is 29.9 Å². The van der Waals surface area contributed by atoms with Gasteiger partial charge in [-0.3, -0.25) is 4.79 Å². The summed E-state index contributed by atoms with van der Waals surface area (Å²) in [5.74, 6) is -3.82. The molecule has 2 atom stereocenters. The molecule has 0 aromatic carbocycles. The Kier molecular flexibility index (Phi) is 5.91. The van der Waals surface area contributed by atoms with E-state index in [0.717, 1.165) is 6.42 Å². The predicted octanol–water partition coefficient (Wildman–Crippen LogP) is -0.00110. The summed E-state index contributed by atoms with van der Waals surface area (Å²) in [6.07, 6.45) is 1.50. The molecule has 0 aromatic heterocycles. The fourth-order valence-electron chi connectivity index (χ4n) is 1.34. The number of urea groups is 1. The molecule has 7 heteroatoms. The summed E-state index contributed by atoms with van der Waals surface area (Å²) in [5, 5.41) is 19.6. The van der Waals surface area contributed by atoms with Crippen molar-refractivity contribution in [1.29, 1.82) is 0 Å². The first-order valence-corrected chi connectivity index (χ1v) is 4.91. The van der Waals surface area contributed by atoms with Crippen LogP contribution in [0.3, 0.4) is 0 Å². The van der Waals surface area contributed by atoms with E-state index >= 15 is 0 Å². The monoisotopic (exact) mass is 232 g/mol. The van der Waals surface area contributed by atoms with Crippen LogP contribution in [0, 0.1) is 5.92 Å². The number of aliphatic carboxylic acids is 2. The fourth-order valence-corrected chi connectivity index (χ4v) is 1.34. The van der Waals surface area contributed by atoms with Gasteiger partial charge in [0.15, 0.2) is 0 Å². The van der Waals surface area contributed by atoms with Gasteiger partial charge in [-0.2, -0.15) is 0 Å². The van der Waals surface area contributed by atoms with Crippen molar-refractivity contribution < 1.29 is 24.6 Å². The first-order chi connectivity index (χ1) is 7.40. The second-order valence-corrected chi connectivity index (χ2v) is 3.41. The van der Waals surface area contributed by atoms with E-state index in [-0.39, 0.29) is 6.42 Å². The maximum absolute atomic E-state index is 10.9. The second-order valence-electron chi connectivity index (χ2n) is 3.41. The van der Waals surface area contributed by atoms with E-state index in [2.05, 4.69) is 0 Å². The van der Waals surface area contributed by atoms with E-state index in [4.69, 9.17) is 15.9 Å². The van der Waals surface area contributed by atoms with Crippen molar-refractivity contribution in [3.63, 3.8) is 0 Å². The Morgan fingerprint density at radius 2 is 1.81 bits per heavy atom. The predicted molar refractivity (Wildman–Crippen MR) is 54.8 cm³/mol. The quantitative estimate of drug-likeness (QED) is 0.490. The number of hydrogen-bond acceptors (Lipinski definition) is 3. The van der Waals surface area contributed by atoms with Gasteiger partial charge in [-0.15, -0.1) is 0 Å². The third-order valence-corrected chi connectivity index (χ3v) is 2.15. The normalized spacial score (nSPS) is 13.8. The van der Waals surface area contributed by atoms with E-state index in [9.17, 15) is 14.4 Å². The summed E-state index contributed by atoms with van der Waals surface area (Å²) in [4.78, 5) is 32.3. The first-order valence-electron chi connectivity index (χ1n) is 4.91. The van der Waals surface area contributed by atoms with Crippen LogP contribution in [0.5, 0.6) is 0 Å². The molecule has 0 rings (SSSR count). The number of amides is 2. The third kappa shape index (κ3) is 4.63. The molecule has 0 fully saturated rings. The molecule has 2 amide bonds. The standard InChI is InChI=1S/C9H16N2O5/c1-2-3-4-5(7(12)13)6(8(14)15)11-9(10)16/h5-6H,2-4H2,1H3,(H,12,13)(H,14,15)(H3,10,11,16)/t5-,6-/m1/s1. The van der Waals surface area contributed by atoms with Crippen LogP contribution in [0.1, 0.15) is 26.2 Å². The van der Waals surface area contributed by atoms with Gasteiger partial charge in [0.25, 0.3) is 0 Å². The molecule has 0 aliphatic rings. The van der Waals surface area contributed by atoms with E-state index in [0.29, 0.717) is 6.42 Å². The van der Waals surface area contributed by atoms with Gasteiger partial charge in [-0.25, -0.2) is 9.59 Å². The lowest BCUT2D eigenvalue weighted by atomic mass is 9.94. The molecule has 5 N–H and O–H groups in total. The number of nitrogens with two attached hydrogens (primary N) is 1. The second kappa shape index (κ2) is 6.65.